The predicted octanol–water partition coefficient (Wildman–Crippen LogP) is 5.27. The maximum Gasteiger partial charge on any atom is 0.255 e. The standard InChI is InChI=1S/C23H18N2O3/c1-27-20-13-9-17(10-14-20)22(26)24-19-11-7-18(8-12-19)23-25-21(15-28-23)16-5-3-2-4-6-16/h2-15H,1H3,(H,24,26). The summed E-state index contributed by atoms with van der Waals surface area (Å²) in [5, 5.41) is 2.87. The van der Waals surface area contributed by atoms with Gasteiger partial charge in [-0.05, 0) is 48.5 Å². The van der Waals surface area contributed by atoms with E-state index in [9.17, 15) is 4.79 Å². The number of rotatable bonds is 5. The average molecular weight is 370 g/mol. The summed E-state index contributed by atoms with van der Waals surface area (Å²) in [4.78, 5) is 16.9. The van der Waals surface area contributed by atoms with Crippen LogP contribution >= 0.6 is 0 Å². The van der Waals surface area contributed by atoms with E-state index in [-0.39, 0.29) is 5.91 Å². The van der Waals surface area contributed by atoms with Crippen LogP contribution in [0.1, 0.15) is 10.4 Å². The van der Waals surface area contributed by atoms with Crippen molar-refractivity contribution in [1.82, 2.24) is 4.98 Å². The van der Waals surface area contributed by atoms with Gasteiger partial charge in [0, 0.05) is 22.4 Å². The second-order valence-corrected chi connectivity index (χ2v) is 6.16. The van der Waals surface area contributed by atoms with Gasteiger partial charge in [0.15, 0.2) is 0 Å². The number of carbonyl (C=O) groups is 1. The molecule has 5 heteroatoms. The van der Waals surface area contributed by atoms with Gasteiger partial charge in [0.05, 0.1) is 7.11 Å². The number of methoxy groups -OCH3 is 1. The maximum atomic E-state index is 12.3. The fraction of sp³-hybridized carbons (Fsp3) is 0.0435. The lowest BCUT2D eigenvalue weighted by Gasteiger charge is -2.06. The molecule has 3 aromatic carbocycles. The van der Waals surface area contributed by atoms with E-state index in [4.69, 9.17) is 9.15 Å². The Kier molecular flexibility index (Phi) is 4.89. The summed E-state index contributed by atoms with van der Waals surface area (Å²) in [6.07, 6.45) is 1.64. The van der Waals surface area contributed by atoms with Gasteiger partial charge in [-0.2, -0.15) is 0 Å². The zero-order valence-corrected chi connectivity index (χ0v) is 15.3. The number of amides is 1. The Labute approximate surface area is 162 Å². The normalized spacial score (nSPS) is 10.5. The molecule has 4 aromatic rings. The minimum Gasteiger partial charge on any atom is -0.497 e. The highest BCUT2D eigenvalue weighted by atomic mass is 16.5. The summed E-state index contributed by atoms with van der Waals surface area (Å²) in [5.74, 6) is 1.06. The van der Waals surface area contributed by atoms with Crippen LogP contribution in [0.4, 0.5) is 5.69 Å². The molecule has 0 fully saturated rings. The molecule has 0 aliphatic carbocycles. The van der Waals surface area contributed by atoms with Crippen molar-refractivity contribution >= 4 is 11.6 Å². The molecule has 138 valence electrons. The Morgan fingerprint density at radius 1 is 0.893 bits per heavy atom. The third kappa shape index (κ3) is 3.78. The lowest BCUT2D eigenvalue weighted by Crippen LogP contribution is -2.11. The van der Waals surface area contributed by atoms with Crippen LogP contribution in [0.3, 0.4) is 0 Å². The van der Waals surface area contributed by atoms with Crippen molar-refractivity contribution in [3.8, 4) is 28.5 Å². The third-order valence-electron chi connectivity index (χ3n) is 4.32. The summed E-state index contributed by atoms with van der Waals surface area (Å²) in [5.41, 5.74) is 3.88. The summed E-state index contributed by atoms with van der Waals surface area (Å²) in [7, 11) is 1.59. The quantitative estimate of drug-likeness (QED) is 0.520. The Hall–Kier alpha value is -3.86. The number of nitrogens with zero attached hydrogens (tertiary/aromatic N) is 1. The molecule has 0 aliphatic rings. The van der Waals surface area contributed by atoms with Crippen LogP contribution in [0, 0.1) is 0 Å². The van der Waals surface area contributed by atoms with Gasteiger partial charge < -0.3 is 14.5 Å². The van der Waals surface area contributed by atoms with Gasteiger partial charge in [-0.25, -0.2) is 4.98 Å². The highest BCUT2D eigenvalue weighted by molar-refractivity contribution is 6.04. The van der Waals surface area contributed by atoms with Crippen LogP contribution in [-0.4, -0.2) is 18.0 Å². The summed E-state index contributed by atoms with van der Waals surface area (Å²) >= 11 is 0. The third-order valence-corrected chi connectivity index (χ3v) is 4.32. The average Bonchev–Trinajstić information content (AvgIpc) is 3.25. The van der Waals surface area contributed by atoms with Gasteiger partial charge in [-0.1, -0.05) is 30.3 Å². The molecule has 4 rings (SSSR count). The molecule has 0 unspecified atom stereocenters. The molecule has 0 saturated carbocycles. The smallest absolute Gasteiger partial charge is 0.255 e. The lowest BCUT2D eigenvalue weighted by atomic mass is 10.1. The van der Waals surface area contributed by atoms with Crippen molar-refractivity contribution < 1.29 is 13.9 Å². The zero-order valence-electron chi connectivity index (χ0n) is 15.3. The Morgan fingerprint density at radius 2 is 1.61 bits per heavy atom. The van der Waals surface area contributed by atoms with E-state index in [0.717, 1.165) is 16.8 Å². The zero-order chi connectivity index (χ0) is 19.3. The number of aromatic nitrogens is 1. The van der Waals surface area contributed by atoms with Crippen LogP contribution in [0.25, 0.3) is 22.7 Å². The first-order valence-corrected chi connectivity index (χ1v) is 8.80. The van der Waals surface area contributed by atoms with Gasteiger partial charge in [-0.3, -0.25) is 4.79 Å². The van der Waals surface area contributed by atoms with Gasteiger partial charge >= 0.3 is 0 Å². The molecule has 0 aliphatic heterocycles. The predicted molar refractivity (Wildman–Crippen MR) is 108 cm³/mol. The SMILES string of the molecule is COc1ccc(C(=O)Nc2ccc(-c3nc(-c4ccccc4)co3)cc2)cc1. The summed E-state index contributed by atoms with van der Waals surface area (Å²) in [6, 6.07) is 24.2. The first-order valence-electron chi connectivity index (χ1n) is 8.80. The first kappa shape index (κ1) is 17.5. The minimum atomic E-state index is -0.183. The second kappa shape index (κ2) is 7.80. The number of carbonyl (C=O) groups excluding carboxylic acids is 1. The Morgan fingerprint density at radius 3 is 2.29 bits per heavy atom. The molecule has 0 saturated heterocycles. The molecule has 0 atom stereocenters. The van der Waals surface area contributed by atoms with E-state index in [1.807, 2.05) is 54.6 Å². The highest BCUT2D eigenvalue weighted by Gasteiger charge is 2.10. The van der Waals surface area contributed by atoms with Gasteiger partial charge in [0.2, 0.25) is 5.89 Å². The number of anilines is 1. The fourth-order valence-corrected chi connectivity index (χ4v) is 2.79. The summed E-state index contributed by atoms with van der Waals surface area (Å²) < 4.78 is 10.7. The van der Waals surface area contributed by atoms with Crippen molar-refractivity contribution in [3.63, 3.8) is 0 Å². The largest absolute Gasteiger partial charge is 0.497 e. The molecule has 0 bridgehead atoms. The summed E-state index contributed by atoms with van der Waals surface area (Å²) in [6.45, 7) is 0. The van der Waals surface area contributed by atoms with Crippen LogP contribution in [-0.2, 0) is 0 Å². The molecule has 1 aromatic heterocycles. The van der Waals surface area contributed by atoms with E-state index >= 15 is 0 Å². The molecule has 0 spiro atoms. The fourth-order valence-electron chi connectivity index (χ4n) is 2.79. The molecule has 5 nitrogen and oxygen atoms in total. The molecule has 28 heavy (non-hydrogen) atoms. The van der Waals surface area contributed by atoms with Gasteiger partial charge in [0.25, 0.3) is 5.91 Å². The van der Waals surface area contributed by atoms with Crippen LogP contribution in [0.5, 0.6) is 5.75 Å². The van der Waals surface area contributed by atoms with Crippen molar-refractivity contribution in [1.29, 1.82) is 0 Å². The van der Waals surface area contributed by atoms with E-state index in [0.29, 0.717) is 22.9 Å². The Balaban J connectivity index is 1.46. The van der Waals surface area contributed by atoms with Crippen molar-refractivity contribution in [2.24, 2.45) is 0 Å². The van der Waals surface area contributed by atoms with Crippen LogP contribution in [0.2, 0.25) is 0 Å². The van der Waals surface area contributed by atoms with E-state index in [1.54, 1.807) is 37.6 Å². The molecular formula is C23H18N2O3. The topological polar surface area (TPSA) is 64.4 Å². The molecule has 1 heterocycles. The monoisotopic (exact) mass is 370 g/mol. The molecule has 1 N–H and O–H groups in total. The highest BCUT2D eigenvalue weighted by Crippen LogP contribution is 2.25. The first-order chi connectivity index (χ1) is 13.7. The number of nitrogens with one attached hydrogen (secondary N) is 1. The maximum absolute atomic E-state index is 12.3. The lowest BCUT2D eigenvalue weighted by molar-refractivity contribution is 0.102. The van der Waals surface area contributed by atoms with Crippen LogP contribution < -0.4 is 10.1 Å². The molecular weight excluding hydrogens is 352 g/mol. The van der Waals surface area contributed by atoms with Crippen LogP contribution in [0.15, 0.2) is 89.5 Å². The van der Waals surface area contributed by atoms with Gasteiger partial charge in [-0.15, -0.1) is 0 Å². The van der Waals surface area contributed by atoms with Gasteiger partial charge in [0.1, 0.15) is 17.7 Å². The Bertz CT molecular complexity index is 1070. The number of ether oxygens (including phenoxy) is 1. The van der Waals surface area contributed by atoms with E-state index in [2.05, 4.69) is 10.3 Å². The number of hydrogen-bond donors (Lipinski definition) is 1. The van der Waals surface area contributed by atoms with Crippen molar-refractivity contribution in [2.45, 2.75) is 0 Å². The minimum absolute atomic E-state index is 0.183. The number of oxazole rings is 1. The number of benzene rings is 3. The van der Waals surface area contributed by atoms with Crippen molar-refractivity contribution in [3.05, 3.63) is 90.7 Å². The molecule has 1 amide bonds. The van der Waals surface area contributed by atoms with E-state index in [1.165, 1.54) is 0 Å². The second-order valence-electron chi connectivity index (χ2n) is 6.16. The number of hydrogen-bond acceptors (Lipinski definition) is 4. The van der Waals surface area contributed by atoms with Crippen molar-refractivity contribution in [2.75, 3.05) is 12.4 Å². The van der Waals surface area contributed by atoms with E-state index < -0.39 is 0 Å². The molecule has 0 radical (unpaired) electrons.